The fourth-order valence-electron chi connectivity index (χ4n) is 2.80. The molecule has 3 aromatic rings. The maximum atomic E-state index is 12.4. The van der Waals surface area contributed by atoms with Gasteiger partial charge in [0.05, 0.1) is 12.3 Å². The molecule has 0 aliphatic heterocycles. The Hall–Kier alpha value is -2.15. The van der Waals surface area contributed by atoms with Crippen molar-refractivity contribution in [1.29, 1.82) is 0 Å². The zero-order chi connectivity index (χ0) is 19.4. The number of amides is 1. The van der Waals surface area contributed by atoms with Crippen LogP contribution in [-0.2, 0) is 23.2 Å². The maximum absolute atomic E-state index is 12.4. The molecule has 0 bridgehead atoms. The van der Waals surface area contributed by atoms with Gasteiger partial charge in [-0.1, -0.05) is 57.9 Å². The summed E-state index contributed by atoms with van der Waals surface area (Å²) in [5.41, 5.74) is 3.56. The van der Waals surface area contributed by atoms with Crippen molar-refractivity contribution in [3.63, 3.8) is 0 Å². The minimum absolute atomic E-state index is 0.0742. The van der Waals surface area contributed by atoms with Gasteiger partial charge in [0.15, 0.2) is 0 Å². The standard InChI is InChI=1S/C20H19BrClN3O2/c1-13-19(14-7-9-16(21)10-8-14)20(25(2)24-13)23-18(26)12-27-11-15-5-3-4-6-17(15)22/h3-10H,11-12H2,1-2H3,(H,23,26). The lowest BCUT2D eigenvalue weighted by atomic mass is 10.1. The molecule has 0 saturated heterocycles. The summed E-state index contributed by atoms with van der Waals surface area (Å²) < 4.78 is 8.17. The molecule has 7 heteroatoms. The second-order valence-corrected chi connectivity index (χ2v) is 7.39. The summed E-state index contributed by atoms with van der Waals surface area (Å²) in [5.74, 6) is 0.393. The van der Waals surface area contributed by atoms with Gasteiger partial charge in [0.2, 0.25) is 0 Å². The normalized spacial score (nSPS) is 10.8. The number of carbonyl (C=O) groups is 1. The Balaban J connectivity index is 1.69. The molecule has 1 aromatic heterocycles. The van der Waals surface area contributed by atoms with E-state index in [0.29, 0.717) is 10.8 Å². The highest BCUT2D eigenvalue weighted by atomic mass is 79.9. The van der Waals surface area contributed by atoms with Gasteiger partial charge < -0.3 is 10.1 Å². The quantitative estimate of drug-likeness (QED) is 0.579. The largest absolute Gasteiger partial charge is 0.367 e. The van der Waals surface area contributed by atoms with Crippen molar-refractivity contribution in [2.75, 3.05) is 11.9 Å². The van der Waals surface area contributed by atoms with Gasteiger partial charge >= 0.3 is 0 Å². The van der Waals surface area contributed by atoms with Crippen molar-refractivity contribution >= 4 is 39.3 Å². The van der Waals surface area contributed by atoms with Gasteiger partial charge in [-0.05, 0) is 36.2 Å². The third kappa shape index (κ3) is 4.77. The van der Waals surface area contributed by atoms with Crippen LogP contribution >= 0.6 is 27.5 Å². The minimum Gasteiger partial charge on any atom is -0.367 e. The SMILES string of the molecule is Cc1nn(C)c(NC(=O)COCc2ccccc2Cl)c1-c1ccc(Br)cc1. The fourth-order valence-corrected chi connectivity index (χ4v) is 3.26. The molecule has 0 unspecified atom stereocenters. The summed E-state index contributed by atoms with van der Waals surface area (Å²) in [6, 6.07) is 15.3. The summed E-state index contributed by atoms with van der Waals surface area (Å²) in [5, 5.41) is 7.96. The first-order valence-electron chi connectivity index (χ1n) is 8.36. The summed E-state index contributed by atoms with van der Waals surface area (Å²) in [4.78, 5) is 12.4. The van der Waals surface area contributed by atoms with Gasteiger partial charge in [-0.15, -0.1) is 0 Å². The minimum atomic E-state index is -0.247. The van der Waals surface area contributed by atoms with Crippen LogP contribution in [0.15, 0.2) is 53.0 Å². The summed E-state index contributed by atoms with van der Waals surface area (Å²) >= 11 is 9.53. The highest BCUT2D eigenvalue weighted by Gasteiger charge is 2.17. The topological polar surface area (TPSA) is 56.2 Å². The van der Waals surface area contributed by atoms with Crippen LogP contribution in [0.25, 0.3) is 11.1 Å². The molecule has 0 fully saturated rings. The number of halogens is 2. The van der Waals surface area contributed by atoms with Crippen molar-refractivity contribution in [3.05, 3.63) is 69.3 Å². The van der Waals surface area contributed by atoms with Crippen LogP contribution in [0, 0.1) is 6.92 Å². The molecule has 140 valence electrons. The second-order valence-electron chi connectivity index (χ2n) is 6.07. The molecule has 0 saturated carbocycles. The van der Waals surface area contributed by atoms with Gasteiger partial charge in [-0.25, -0.2) is 0 Å². The predicted molar refractivity (Wildman–Crippen MR) is 111 cm³/mol. The van der Waals surface area contributed by atoms with Gasteiger partial charge in [-0.2, -0.15) is 5.10 Å². The van der Waals surface area contributed by atoms with Gasteiger partial charge in [-0.3, -0.25) is 9.48 Å². The fraction of sp³-hybridized carbons (Fsp3) is 0.200. The van der Waals surface area contributed by atoms with Crippen LogP contribution in [-0.4, -0.2) is 22.3 Å². The molecule has 2 aromatic carbocycles. The average molecular weight is 449 g/mol. The number of nitrogens with one attached hydrogen (secondary N) is 1. The number of aromatic nitrogens is 2. The number of carbonyl (C=O) groups excluding carboxylic acids is 1. The van der Waals surface area contributed by atoms with Crippen LogP contribution in [0.3, 0.4) is 0 Å². The Morgan fingerprint density at radius 2 is 1.93 bits per heavy atom. The molecular weight excluding hydrogens is 430 g/mol. The molecule has 1 heterocycles. The lowest BCUT2D eigenvalue weighted by Crippen LogP contribution is -2.20. The van der Waals surface area contributed by atoms with Crippen LogP contribution in [0.4, 0.5) is 5.82 Å². The van der Waals surface area contributed by atoms with E-state index < -0.39 is 0 Å². The van der Waals surface area contributed by atoms with Crippen molar-refractivity contribution in [2.45, 2.75) is 13.5 Å². The summed E-state index contributed by atoms with van der Waals surface area (Å²) in [6.07, 6.45) is 0. The molecule has 0 aliphatic carbocycles. The first-order chi connectivity index (χ1) is 13.0. The Bertz CT molecular complexity index is 954. The lowest BCUT2D eigenvalue weighted by Gasteiger charge is -2.10. The van der Waals surface area contributed by atoms with E-state index in [9.17, 15) is 4.79 Å². The van der Waals surface area contributed by atoms with E-state index in [4.69, 9.17) is 16.3 Å². The highest BCUT2D eigenvalue weighted by molar-refractivity contribution is 9.10. The Labute approximate surface area is 171 Å². The number of rotatable bonds is 6. The average Bonchev–Trinajstić information content (AvgIpc) is 2.91. The Morgan fingerprint density at radius 1 is 1.22 bits per heavy atom. The van der Waals surface area contributed by atoms with Crippen LogP contribution in [0.2, 0.25) is 5.02 Å². The van der Waals surface area contributed by atoms with E-state index in [1.807, 2.05) is 49.4 Å². The first-order valence-corrected chi connectivity index (χ1v) is 9.53. The summed E-state index contributed by atoms with van der Waals surface area (Å²) in [6.45, 7) is 2.12. The summed E-state index contributed by atoms with van der Waals surface area (Å²) in [7, 11) is 1.80. The molecule has 0 spiro atoms. The van der Waals surface area contributed by atoms with E-state index in [-0.39, 0.29) is 19.1 Å². The maximum Gasteiger partial charge on any atom is 0.251 e. The lowest BCUT2D eigenvalue weighted by molar-refractivity contribution is -0.121. The zero-order valence-electron chi connectivity index (χ0n) is 15.0. The number of anilines is 1. The Morgan fingerprint density at radius 3 is 2.63 bits per heavy atom. The number of nitrogens with zero attached hydrogens (tertiary/aromatic N) is 2. The third-order valence-electron chi connectivity index (χ3n) is 4.06. The number of hydrogen-bond donors (Lipinski definition) is 1. The van der Waals surface area contributed by atoms with Crippen LogP contribution in [0.1, 0.15) is 11.3 Å². The van der Waals surface area contributed by atoms with Crippen molar-refractivity contribution < 1.29 is 9.53 Å². The molecule has 1 N–H and O–H groups in total. The third-order valence-corrected chi connectivity index (χ3v) is 4.96. The molecule has 3 rings (SSSR count). The van der Waals surface area contributed by atoms with Gasteiger partial charge in [0.1, 0.15) is 12.4 Å². The number of benzene rings is 2. The van der Waals surface area contributed by atoms with Gasteiger partial charge in [0, 0.05) is 22.1 Å². The molecular formula is C20H19BrClN3O2. The second kappa shape index (κ2) is 8.69. The number of ether oxygens (including phenoxy) is 1. The molecule has 5 nitrogen and oxygen atoms in total. The van der Waals surface area contributed by atoms with Crippen LogP contribution in [0.5, 0.6) is 0 Å². The molecule has 0 radical (unpaired) electrons. The smallest absolute Gasteiger partial charge is 0.251 e. The zero-order valence-corrected chi connectivity index (χ0v) is 17.3. The highest BCUT2D eigenvalue weighted by Crippen LogP contribution is 2.31. The van der Waals surface area contributed by atoms with E-state index >= 15 is 0 Å². The van der Waals surface area contributed by atoms with Crippen molar-refractivity contribution in [1.82, 2.24) is 9.78 Å². The molecule has 27 heavy (non-hydrogen) atoms. The van der Waals surface area contributed by atoms with Gasteiger partial charge in [0.25, 0.3) is 5.91 Å². The van der Waals surface area contributed by atoms with E-state index in [1.54, 1.807) is 17.8 Å². The first kappa shape index (κ1) is 19.6. The van der Waals surface area contributed by atoms with E-state index in [1.165, 1.54) is 0 Å². The number of hydrogen-bond acceptors (Lipinski definition) is 3. The number of aryl methyl sites for hydroxylation is 2. The van der Waals surface area contributed by atoms with Crippen LogP contribution < -0.4 is 5.32 Å². The molecule has 0 atom stereocenters. The molecule has 1 amide bonds. The predicted octanol–water partition coefficient (Wildman–Crippen LogP) is 4.97. The van der Waals surface area contributed by atoms with Crippen molar-refractivity contribution in [2.24, 2.45) is 7.05 Å². The van der Waals surface area contributed by atoms with E-state index in [2.05, 4.69) is 26.3 Å². The Kier molecular flexibility index (Phi) is 6.31. The van der Waals surface area contributed by atoms with E-state index in [0.717, 1.165) is 26.9 Å². The van der Waals surface area contributed by atoms with Crippen molar-refractivity contribution in [3.8, 4) is 11.1 Å². The monoisotopic (exact) mass is 447 g/mol. The molecule has 0 aliphatic rings.